The van der Waals surface area contributed by atoms with Gasteiger partial charge in [0.1, 0.15) is 5.75 Å². The lowest BCUT2D eigenvalue weighted by Gasteiger charge is -2.18. The Labute approximate surface area is 117 Å². The zero-order valence-corrected chi connectivity index (χ0v) is 12.4. The topological polar surface area (TPSA) is 30.5 Å². The Morgan fingerprint density at radius 1 is 1.16 bits per heavy atom. The lowest BCUT2D eigenvalue weighted by molar-refractivity contribution is 0.193. The van der Waals surface area contributed by atoms with E-state index in [1.165, 1.54) is 5.56 Å². The number of rotatable bonds is 10. The van der Waals surface area contributed by atoms with Gasteiger partial charge in [-0.1, -0.05) is 31.5 Å². The van der Waals surface area contributed by atoms with E-state index >= 15 is 0 Å². The van der Waals surface area contributed by atoms with Crippen molar-refractivity contribution in [2.45, 2.75) is 39.2 Å². The highest BCUT2D eigenvalue weighted by atomic mass is 16.5. The summed E-state index contributed by atoms with van der Waals surface area (Å²) in [5.41, 5.74) is 1.23. The van der Waals surface area contributed by atoms with E-state index in [2.05, 4.69) is 37.4 Å². The maximum absolute atomic E-state index is 5.86. The van der Waals surface area contributed by atoms with Gasteiger partial charge in [-0.05, 0) is 32.4 Å². The highest BCUT2D eigenvalue weighted by molar-refractivity contribution is 5.35. The number of ether oxygens (including phenoxy) is 2. The van der Waals surface area contributed by atoms with Crippen LogP contribution in [0.2, 0.25) is 0 Å². The quantitative estimate of drug-likeness (QED) is 0.656. The molecule has 0 unspecified atom stereocenters. The van der Waals surface area contributed by atoms with Crippen LogP contribution in [-0.4, -0.2) is 26.9 Å². The molecule has 0 radical (unpaired) electrons. The van der Waals surface area contributed by atoms with Crippen LogP contribution in [0.15, 0.2) is 24.3 Å². The molecule has 1 aromatic carbocycles. The molecule has 0 fully saturated rings. The van der Waals surface area contributed by atoms with Crippen LogP contribution in [0.25, 0.3) is 0 Å². The van der Waals surface area contributed by atoms with Crippen LogP contribution in [0.3, 0.4) is 0 Å². The van der Waals surface area contributed by atoms with Crippen LogP contribution in [0.1, 0.15) is 44.7 Å². The second kappa shape index (κ2) is 9.82. The summed E-state index contributed by atoms with van der Waals surface area (Å²) in [6, 6.07) is 8.58. The Morgan fingerprint density at radius 3 is 2.68 bits per heavy atom. The predicted molar refractivity (Wildman–Crippen MR) is 79.8 cm³/mol. The number of unbranched alkanes of at least 4 members (excludes halogenated alkanes) is 1. The Bertz CT molecular complexity index is 341. The minimum Gasteiger partial charge on any atom is -0.493 e. The largest absolute Gasteiger partial charge is 0.493 e. The predicted octanol–water partition coefficient (Wildman–Crippen LogP) is 3.55. The van der Waals surface area contributed by atoms with E-state index in [9.17, 15) is 0 Å². The summed E-state index contributed by atoms with van der Waals surface area (Å²) >= 11 is 0. The van der Waals surface area contributed by atoms with E-state index in [4.69, 9.17) is 9.47 Å². The SMILES string of the molecule is CCCCOc1ccccc1[C@H](C)NCCCOC. The molecule has 0 aliphatic heterocycles. The zero-order chi connectivity index (χ0) is 13.9. The fraction of sp³-hybridized carbons (Fsp3) is 0.625. The number of hydrogen-bond donors (Lipinski definition) is 1. The molecule has 3 nitrogen and oxygen atoms in total. The number of benzene rings is 1. The summed E-state index contributed by atoms with van der Waals surface area (Å²) in [5, 5.41) is 3.50. The molecule has 0 aliphatic carbocycles. The molecule has 1 aromatic rings. The smallest absolute Gasteiger partial charge is 0.124 e. The Morgan fingerprint density at radius 2 is 1.95 bits per heavy atom. The summed E-state index contributed by atoms with van der Waals surface area (Å²) in [7, 11) is 1.74. The van der Waals surface area contributed by atoms with Gasteiger partial charge in [-0.2, -0.15) is 0 Å². The molecule has 19 heavy (non-hydrogen) atoms. The van der Waals surface area contributed by atoms with Gasteiger partial charge >= 0.3 is 0 Å². The van der Waals surface area contributed by atoms with Crippen LogP contribution in [0.4, 0.5) is 0 Å². The van der Waals surface area contributed by atoms with Gasteiger partial charge in [0.05, 0.1) is 6.61 Å². The second-order valence-corrected chi connectivity index (χ2v) is 4.76. The first-order chi connectivity index (χ1) is 9.29. The van der Waals surface area contributed by atoms with Crippen molar-refractivity contribution in [3.8, 4) is 5.75 Å². The van der Waals surface area contributed by atoms with E-state index in [-0.39, 0.29) is 0 Å². The Hall–Kier alpha value is -1.06. The van der Waals surface area contributed by atoms with Gasteiger partial charge in [0.15, 0.2) is 0 Å². The molecule has 0 heterocycles. The highest BCUT2D eigenvalue weighted by Crippen LogP contribution is 2.24. The third-order valence-electron chi connectivity index (χ3n) is 3.12. The second-order valence-electron chi connectivity index (χ2n) is 4.76. The summed E-state index contributed by atoms with van der Waals surface area (Å²) in [4.78, 5) is 0. The number of para-hydroxylation sites is 1. The lowest BCUT2D eigenvalue weighted by Crippen LogP contribution is -2.21. The molecular weight excluding hydrogens is 238 g/mol. The Balaban J connectivity index is 2.50. The molecule has 0 saturated carbocycles. The fourth-order valence-electron chi connectivity index (χ4n) is 1.94. The van der Waals surface area contributed by atoms with Gasteiger partial charge in [-0.3, -0.25) is 0 Å². The van der Waals surface area contributed by atoms with Crippen LogP contribution in [-0.2, 0) is 4.74 Å². The van der Waals surface area contributed by atoms with Crippen molar-refractivity contribution < 1.29 is 9.47 Å². The molecule has 1 rings (SSSR count). The van der Waals surface area contributed by atoms with E-state index in [1.807, 2.05) is 6.07 Å². The van der Waals surface area contributed by atoms with Crippen molar-refractivity contribution >= 4 is 0 Å². The van der Waals surface area contributed by atoms with Crippen molar-refractivity contribution in [1.82, 2.24) is 5.32 Å². The Kier molecular flexibility index (Phi) is 8.26. The molecule has 108 valence electrons. The molecule has 0 amide bonds. The molecular formula is C16H27NO2. The summed E-state index contributed by atoms with van der Waals surface area (Å²) in [6.45, 7) is 6.90. The molecule has 3 heteroatoms. The number of nitrogens with one attached hydrogen (secondary N) is 1. The summed E-state index contributed by atoms with van der Waals surface area (Å²) < 4.78 is 10.9. The van der Waals surface area contributed by atoms with Crippen molar-refractivity contribution in [3.63, 3.8) is 0 Å². The first-order valence-electron chi connectivity index (χ1n) is 7.23. The van der Waals surface area contributed by atoms with Crippen molar-refractivity contribution in [2.24, 2.45) is 0 Å². The molecule has 0 aromatic heterocycles. The first-order valence-corrected chi connectivity index (χ1v) is 7.23. The maximum Gasteiger partial charge on any atom is 0.124 e. The van der Waals surface area contributed by atoms with E-state index in [0.717, 1.165) is 44.8 Å². The van der Waals surface area contributed by atoms with E-state index in [0.29, 0.717) is 6.04 Å². The normalized spacial score (nSPS) is 12.4. The summed E-state index contributed by atoms with van der Waals surface area (Å²) in [6.07, 6.45) is 3.29. The minimum absolute atomic E-state index is 0.301. The van der Waals surface area contributed by atoms with Gasteiger partial charge in [0.2, 0.25) is 0 Å². The van der Waals surface area contributed by atoms with Gasteiger partial charge in [0, 0.05) is 25.3 Å². The van der Waals surface area contributed by atoms with Crippen LogP contribution in [0.5, 0.6) is 5.75 Å². The zero-order valence-electron chi connectivity index (χ0n) is 12.4. The minimum atomic E-state index is 0.301. The molecule has 0 saturated heterocycles. The van der Waals surface area contributed by atoms with Gasteiger partial charge in [-0.15, -0.1) is 0 Å². The molecule has 1 atom stereocenters. The third-order valence-corrected chi connectivity index (χ3v) is 3.12. The fourth-order valence-corrected chi connectivity index (χ4v) is 1.94. The van der Waals surface area contributed by atoms with Crippen molar-refractivity contribution in [3.05, 3.63) is 29.8 Å². The highest BCUT2D eigenvalue weighted by Gasteiger charge is 2.10. The van der Waals surface area contributed by atoms with Crippen molar-refractivity contribution in [1.29, 1.82) is 0 Å². The molecule has 0 bridgehead atoms. The van der Waals surface area contributed by atoms with Crippen molar-refractivity contribution in [2.75, 3.05) is 26.9 Å². The number of hydrogen-bond acceptors (Lipinski definition) is 3. The number of methoxy groups -OCH3 is 1. The van der Waals surface area contributed by atoms with Gasteiger partial charge in [0.25, 0.3) is 0 Å². The first kappa shape index (κ1) is 16.0. The van der Waals surface area contributed by atoms with E-state index < -0.39 is 0 Å². The van der Waals surface area contributed by atoms with Gasteiger partial charge in [-0.25, -0.2) is 0 Å². The maximum atomic E-state index is 5.86. The molecule has 0 aliphatic rings. The van der Waals surface area contributed by atoms with E-state index in [1.54, 1.807) is 7.11 Å². The third kappa shape index (κ3) is 6.08. The molecule has 0 spiro atoms. The average molecular weight is 265 g/mol. The summed E-state index contributed by atoms with van der Waals surface area (Å²) in [5.74, 6) is 1.00. The monoisotopic (exact) mass is 265 g/mol. The van der Waals surface area contributed by atoms with Gasteiger partial charge < -0.3 is 14.8 Å². The average Bonchev–Trinajstić information content (AvgIpc) is 2.44. The standard InChI is InChI=1S/C16H27NO2/c1-4-5-13-19-16-10-7-6-9-15(16)14(2)17-11-8-12-18-3/h6-7,9-10,14,17H,4-5,8,11-13H2,1-3H3/t14-/m0/s1. The van der Waals surface area contributed by atoms with Crippen LogP contribution >= 0.6 is 0 Å². The van der Waals surface area contributed by atoms with Crippen LogP contribution < -0.4 is 10.1 Å². The lowest BCUT2D eigenvalue weighted by atomic mass is 10.1. The molecule has 1 N–H and O–H groups in total. The van der Waals surface area contributed by atoms with Crippen LogP contribution in [0, 0.1) is 0 Å².